The maximum Gasteiger partial charge on any atom is 0.329 e. The summed E-state index contributed by atoms with van der Waals surface area (Å²) in [6.45, 7) is 6.79. The molecule has 0 spiro atoms. The molecule has 1 amide bonds. The molecule has 3 rings (SSSR count). The lowest BCUT2D eigenvalue weighted by Crippen LogP contribution is -2.61. The molecule has 13 nitrogen and oxygen atoms in total. The third kappa shape index (κ3) is 10.3. The summed E-state index contributed by atoms with van der Waals surface area (Å²) < 4.78 is 22.9. The lowest BCUT2D eigenvalue weighted by atomic mass is 9.78. The quantitative estimate of drug-likeness (QED) is 0.0698. The molecule has 282 valence electrons. The molecule has 1 unspecified atom stereocenters. The summed E-state index contributed by atoms with van der Waals surface area (Å²) in [5.74, 6) is -6.65. The van der Waals surface area contributed by atoms with E-state index in [1.165, 1.54) is 20.1 Å². The molecular weight excluding hydrogens is 650 g/mol. The number of rotatable bonds is 16. The van der Waals surface area contributed by atoms with Crippen molar-refractivity contribution < 1.29 is 58.2 Å². The first-order valence-electron chi connectivity index (χ1n) is 17.9. The highest BCUT2D eigenvalue weighted by atomic mass is 16.6. The van der Waals surface area contributed by atoms with Gasteiger partial charge >= 0.3 is 5.97 Å². The summed E-state index contributed by atoms with van der Waals surface area (Å²) in [5, 5.41) is 31.3. The van der Waals surface area contributed by atoms with Gasteiger partial charge in [-0.1, -0.05) is 13.8 Å². The summed E-state index contributed by atoms with van der Waals surface area (Å²) in [6, 6.07) is -1.12. The number of Topliss-reactive ketones (excluding diaryl/α,β-unsaturated/α-hetero) is 2. The number of aliphatic hydroxyl groups excluding tert-OH is 2. The molecule has 10 atom stereocenters. The predicted molar refractivity (Wildman–Crippen MR) is 182 cm³/mol. The zero-order valence-corrected chi connectivity index (χ0v) is 30.4. The molecule has 3 N–H and O–H groups in total. The number of hydrogen-bond donors (Lipinski definition) is 3. The molecule has 2 heterocycles. The Hall–Kier alpha value is -2.97. The van der Waals surface area contributed by atoms with Crippen LogP contribution in [-0.4, -0.2) is 113 Å². The first kappa shape index (κ1) is 41.5. The van der Waals surface area contributed by atoms with Crippen molar-refractivity contribution in [3.05, 3.63) is 23.5 Å². The molecule has 0 bridgehead atoms. The van der Waals surface area contributed by atoms with Crippen LogP contribution in [0, 0.1) is 17.8 Å². The maximum atomic E-state index is 13.9. The van der Waals surface area contributed by atoms with Crippen LogP contribution < -0.4 is 0 Å². The summed E-state index contributed by atoms with van der Waals surface area (Å²) in [6.07, 6.45) is 4.66. The lowest BCUT2D eigenvalue weighted by molar-refractivity contribution is -0.265. The second-order valence-corrected chi connectivity index (χ2v) is 14.4. The first-order valence-corrected chi connectivity index (χ1v) is 17.9. The Kier molecular flexibility index (Phi) is 15.8. The molecule has 50 heavy (non-hydrogen) atoms. The van der Waals surface area contributed by atoms with Crippen molar-refractivity contribution in [1.29, 1.82) is 0 Å². The van der Waals surface area contributed by atoms with Crippen LogP contribution >= 0.6 is 0 Å². The third-order valence-corrected chi connectivity index (χ3v) is 10.9. The third-order valence-electron chi connectivity index (χ3n) is 10.9. The molecule has 0 aromatic rings. The molecule has 1 aliphatic carbocycles. The number of amides is 1. The number of carbonyl (C=O) groups excluding carboxylic acids is 5. The van der Waals surface area contributed by atoms with E-state index in [4.69, 9.17) is 18.9 Å². The van der Waals surface area contributed by atoms with Gasteiger partial charge in [0.05, 0.1) is 30.7 Å². The van der Waals surface area contributed by atoms with Crippen LogP contribution in [0.4, 0.5) is 0 Å². The van der Waals surface area contributed by atoms with Gasteiger partial charge in [-0.25, -0.2) is 4.79 Å². The maximum absolute atomic E-state index is 13.9. The van der Waals surface area contributed by atoms with E-state index in [2.05, 4.69) is 0 Å². The van der Waals surface area contributed by atoms with Gasteiger partial charge in [0.2, 0.25) is 5.79 Å². The van der Waals surface area contributed by atoms with Gasteiger partial charge in [-0.2, -0.15) is 0 Å². The number of nitrogens with zero attached hydrogens (tertiary/aromatic N) is 1. The minimum absolute atomic E-state index is 0.0912. The van der Waals surface area contributed by atoms with E-state index in [0.29, 0.717) is 63.1 Å². The molecule has 1 saturated carbocycles. The fourth-order valence-corrected chi connectivity index (χ4v) is 7.47. The highest BCUT2D eigenvalue weighted by molar-refractivity contribution is 6.39. The molecule has 2 aliphatic heterocycles. The smallest absolute Gasteiger partial charge is 0.329 e. The van der Waals surface area contributed by atoms with Gasteiger partial charge in [-0.05, 0) is 95.1 Å². The summed E-state index contributed by atoms with van der Waals surface area (Å²) in [7, 11) is 3.04. The molecule has 13 heteroatoms. The largest absolute Gasteiger partial charge is 0.515 e. The van der Waals surface area contributed by atoms with E-state index in [1.54, 1.807) is 21.0 Å². The van der Waals surface area contributed by atoms with Crippen LogP contribution in [0.3, 0.4) is 0 Å². The first-order chi connectivity index (χ1) is 23.7. The van der Waals surface area contributed by atoms with Crippen molar-refractivity contribution in [3.63, 3.8) is 0 Å². The highest BCUT2D eigenvalue weighted by Crippen LogP contribution is 2.37. The number of carbonyl (C=O) groups is 5. The lowest BCUT2D eigenvalue weighted by Gasteiger charge is -2.42. The van der Waals surface area contributed by atoms with Gasteiger partial charge in [-0.3, -0.25) is 19.2 Å². The van der Waals surface area contributed by atoms with Crippen molar-refractivity contribution in [2.24, 2.45) is 17.8 Å². The fraction of sp³-hybridized carbons (Fsp3) is 0.757. The second kappa shape index (κ2) is 19.0. The number of piperidine rings is 1. The predicted octanol–water partition coefficient (Wildman–Crippen LogP) is 3.53. The van der Waals surface area contributed by atoms with Crippen molar-refractivity contribution in [2.45, 2.75) is 141 Å². The van der Waals surface area contributed by atoms with Crippen LogP contribution in [0.5, 0.6) is 0 Å². The monoisotopic (exact) mass is 707 g/mol. The van der Waals surface area contributed by atoms with Crippen molar-refractivity contribution in [2.75, 3.05) is 20.8 Å². The van der Waals surface area contributed by atoms with E-state index in [1.807, 2.05) is 6.92 Å². The van der Waals surface area contributed by atoms with Gasteiger partial charge in [-0.15, -0.1) is 0 Å². The van der Waals surface area contributed by atoms with Crippen molar-refractivity contribution in [1.82, 2.24) is 4.90 Å². The Morgan fingerprint density at radius 1 is 1.04 bits per heavy atom. The van der Waals surface area contributed by atoms with Crippen LogP contribution in [0.15, 0.2) is 23.5 Å². The SMILES string of the molecule is CO[C@@H](C[C@@H]1CC[C@@H](C)[C@](O)(C(=O)C(=O)N2CCCC[C@H]2C(=O)OC(CC(=O)/C(C)=C\O)[C@H](C)C[C@@H]2CC[C@@H](O)[C@H](OC)C2)O1)/C(C)=C/C=O. The van der Waals surface area contributed by atoms with E-state index >= 15 is 0 Å². The molecule has 3 aliphatic rings. The minimum atomic E-state index is -2.43. The number of allylic oxidation sites excluding steroid dienone is 2. The summed E-state index contributed by atoms with van der Waals surface area (Å²) in [5.41, 5.74) is 0.761. The molecule has 0 radical (unpaired) electrons. The Bertz CT molecular complexity index is 1260. The number of esters is 1. The van der Waals surface area contributed by atoms with Crippen LogP contribution in [0.2, 0.25) is 0 Å². The van der Waals surface area contributed by atoms with Crippen LogP contribution in [0.25, 0.3) is 0 Å². The van der Waals surface area contributed by atoms with E-state index < -0.39 is 65.6 Å². The Balaban J connectivity index is 1.78. The molecule has 3 fully saturated rings. The van der Waals surface area contributed by atoms with Gasteiger partial charge in [0.1, 0.15) is 18.4 Å². The normalized spacial score (nSPS) is 31.3. The van der Waals surface area contributed by atoms with E-state index in [9.17, 15) is 39.3 Å². The standard InChI is InChI=1S/C37H57NO12/c1-22(14-16-39)31(47-5)19-27-12-10-25(4)37(46,50-27)34(43)35(44)38-15-8-7-9-28(38)36(45)49-32(20-30(42)24(3)21-40)23(2)17-26-11-13-29(41)33(18-26)48-6/h14,16,21,23,25-29,31-33,40-41,46H,7-13,15,17-20H2,1-6H3/b22-14+,24-21-/t23-,25-,26+,27+,28+,29-,31+,32?,33-,37-/m1/s1. The van der Waals surface area contributed by atoms with Gasteiger partial charge in [0.15, 0.2) is 5.78 Å². The second-order valence-electron chi connectivity index (χ2n) is 14.4. The molecule has 2 saturated heterocycles. The van der Waals surface area contributed by atoms with E-state index in [0.717, 1.165) is 11.3 Å². The molecule has 0 aromatic carbocycles. The zero-order valence-electron chi connectivity index (χ0n) is 30.4. The number of methoxy groups -OCH3 is 2. The molecule has 0 aromatic heterocycles. The number of aliphatic hydroxyl groups is 3. The number of ketones is 2. The summed E-state index contributed by atoms with van der Waals surface area (Å²) >= 11 is 0. The number of ether oxygens (including phenoxy) is 4. The average Bonchev–Trinajstić information content (AvgIpc) is 3.11. The number of likely N-dealkylation sites (tertiary alicyclic amines) is 1. The fourth-order valence-electron chi connectivity index (χ4n) is 7.47. The Morgan fingerprint density at radius 3 is 2.40 bits per heavy atom. The van der Waals surface area contributed by atoms with Gasteiger partial charge < -0.3 is 39.2 Å². The topological polar surface area (TPSA) is 186 Å². The number of hydrogen-bond acceptors (Lipinski definition) is 12. The average molecular weight is 708 g/mol. The van der Waals surface area contributed by atoms with Crippen LogP contribution in [0.1, 0.15) is 98.3 Å². The Morgan fingerprint density at radius 2 is 1.76 bits per heavy atom. The number of aldehydes is 1. The highest BCUT2D eigenvalue weighted by Gasteiger charge is 2.53. The van der Waals surface area contributed by atoms with Crippen molar-refractivity contribution >= 4 is 29.7 Å². The van der Waals surface area contributed by atoms with Gasteiger partial charge in [0.25, 0.3) is 11.7 Å². The van der Waals surface area contributed by atoms with E-state index in [-0.39, 0.29) is 49.3 Å². The van der Waals surface area contributed by atoms with Crippen LogP contribution in [-0.2, 0) is 42.9 Å². The summed E-state index contributed by atoms with van der Waals surface area (Å²) in [4.78, 5) is 66.6. The minimum Gasteiger partial charge on any atom is -0.515 e. The van der Waals surface area contributed by atoms with Crippen molar-refractivity contribution in [3.8, 4) is 0 Å². The zero-order chi connectivity index (χ0) is 37.2. The molecular formula is C37H57NO12. The Labute approximate surface area is 295 Å². The van der Waals surface area contributed by atoms with Gasteiger partial charge in [0, 0.05) is 45.1 Å².